The Hall–Kier alpha value is -2.20. The maximum Gasteiger partial charge on any atom is 0.351 e. The molecular weight excluding hydrogens is 304 g/mol. The fourth-order valence-electron chi connectivity index (χ4n) is 1.94. The minimum absolute atomic E-state index is 0.482. The fourth-order valence-corrected chi connectivity index (χ4v) is 2.06. The summed E-state index contributed by atoms with van der Waals surface area (Å²) in [5.41, 5.74) is 0.665. The van der Waals surface area contributed by atoms with E-state index >= 15 is 0 Å². The van der Waals surface area contributed by atoms with Gasteiger partial charge in [0.15, 0.2) is 0 Å². The smallest absolute Gasteiger partial charge is 0.351 e. The average Bonchev–Trinajstić information content (AvgIpc) is 2.54. The number of methoxy groups -OCH3 is 1. The molecule has 1 atom stereocenters. The second kappa shape index (κ2) is 7.71. The summed E-state index contributed by atoms with van der Waals surface area (Å²) in [6, 6.07) is 14.0. The van der Waals surface area contributed by atoms with Gasteiger partial charge in [0.25, 0.3) is 0 Å². The molecule has 0 spiro atoms. The van der Waals surface area contributed by atoms with Gasteiger partial charge in [0.1, 0.15) is 11.5 Å². The molecule has 0 saturated carbocycles. The molecule has 0 N–H and O–H groups in total. The molecule has 0 heterocycles. The average molecular weight is 321 g/mol. The van der Waals surface area contributed by atoms with Gasteiger partial charge in [-0.25, -0.2) is 4.79 Å². The zero-order valence-electron chi connectivity index (χ0n) is 12.4. The minimum atomic E-state index is -0.862. The van der Waals surface area contributed by atoms with Crippen LogP contribution in [0.5, 0.6) is 11.5 Å². The van der Waals surface area contributed by atoms with E-state index in [0.29, 0.717) is 28.7 Å². The number of carbonyl (C=O) groups is 1. The number of carbonyl (C=O) groups excluding carboxylic acids is 1. The number of rotatable bonds is 6. The number of hydrogen-bond donors (Lipinski definition) is 0. The molecule has 116 valence electrons. The van der Waals surface area contributed by atoms with Crippen LogP contribution in [0.2, 0.25) is 5.02 Å². The van der Waals surface area contributed by atoms with E-state index in [1.54, 1.807) is 42.5 Å². The summed E-state index contributed by atoms with van der Waals surface area (Å²) < 4.78 is 16.0. The van der Waals surface area contributed by atoms with Gasteiger partial charge < -0.3 is 14.2 Å². The monoisotopic (exact) mass is 320 g/mol. The first-order chi connectivity index (χ1) is 10.6. The van der Waals surface area contributed by atoms with Gasteiger partial charge in [0.2, 0.25) is 6.10 Å². The molecule has 22 heavy (non-hydrogen) atoms. The summed E-state index contributed by atoms with van der Waals surface area (Å²) >= 11 is 5.87. The number of esters is 1. The van der Waals surface area contributed by atoms with Gasteiger partial charge in [-0.05, 0) is 31.2 Å². The Morgan fingerprint density at radius 1 is 1.14 bits per heavy atom. The molecule has 0 radical (unpaired) electrons. The quantitative estimate of drug-likeness (QED) is 0.754. The molecule has 0 aliphatic heterocycles. The first-order valence-corrected chi connectivity index (χ1v) is 7.24. The van der Waals surface area contributed by atoms with Gasteiger partial charge in [0, 0.05) is 16.7 Å². The van der Waals surface area contributed by atoms with E-state index in [2.05, 4.69) is 0 Å². The third-order valence-corrected chi connectivity index (χ3v) is 3.21. The fraction of sp³-hybridized carbons (Fsp3) is 0.235. The van der Waals surface area contributed by atoms with Crippen LogP contribution < -0.4 is 9.47 Å². The standard InChI is InChI=1S/C17H17ClO4/c1-3-21-14-5-4-6-15(11-14)22-16(17(19)20-2)12-7-9-13(18)10-8-12/h4-11,16H,3H2,1-2H3. The van der Waals surface area contributed by atoms with E-state index in [0.717, 1.165) is 0 Å². The van der Waals surface area contributed by atoms with Crippen molar-refractivity contribution in [3.05, 3.63) is 59.1 Å². The lowest BCUT2D eigenvalue weighted by Crippen LogP contribution is -2.20. The Labute approximate surface area is 134 Å². The van der Waals surface area contributed by atoms with E-state index in [4.69, 9.17) is 25.8 Å². The molecule has 0 bridgehead atoms. The summed E-state index contributed by atoms with van der Waals surface area (Å²) in [4.78, 5) is 12.0. The van der Waals surface area contributed by atoms with Crippen LogP contribution in [0.1, 0.15) is 18.6 Å². The lowest BCUT2D eigenvalue weighted by molar-refractivity contribution is -0.149. The molecule has 2 aromatic rings. The number of halogens is 1. The molecule has 2 rings (SSSR count). The highest BCUT2D eigenvalue weighted by molar-refractivity contribution is 6.30. The van der Waals surface area contributed by atoms with E-state index in [-0.39, 0.29) is 0 Å². The zero-order chi connectivity index (χ0) is 15.9. The Morgan fingerprint density at radius 3 is 2.45 bits per heavy atom. The van der Waals surface area contributed by atoms with Gasteiger partial charge in [-0.1, -0.05) is 29.8 Å². The molecule has 2 aromatic carbocycles. The van der Waals surface area contributed by atoms with E-state index in [9.17, 15) is 4.79 Å². The van der Waals surface area contributed by atoms with Crippen LogP contribution in [0, 0.1) is 0 Å². The molecular formula is C17H17ClO4. The predicted octanol–water partition coefficient (Wildman–Crippen LogP) is 4.03. The van der Waals surface area contributed by atoms with Gasteiger partial charge in [-0.2, -0.15) is 0 Å². The SMILES string of the molecule is CCOc1cccc(OC(C(=O)OC)c2ccc(Cl)cc2)c1. The summed E-state index contributed by atoms with van der Waals surface area (Å²) in [6.45, 7) is 2.46. The largest absolute Gasteiger partial charge is 0.494 e. The molecule has 0 aromatic heterocycles. The zero-order valence-corrected chi connectivity index (χ0v) is 13.2. The van der Waals surface area contributed by atoms with Crippen LogP contribution in [-0.2, 0) is 9.53 Å². The van der Waals surface area contributed by atoms with Crippen molar-refractivity contribution in [3.8, 4) is 11.5 Å². The number of ether oxygens (including phenoxy) is 3. The van der Waals surface area contributed by atoms with Gasteiger partial charge in [-0.15, -0.1) is 0 Å². The first kappa shape index (κ1) is 16.2. The topological polar surface area (TPSA) is 44.8 Å². The van der Waals surface area contributed by atoms with E-state index < -0.39 is 12.1 Å². The first-order valence-electron chi connectivity index (χ1n) is 6.87. The number of hydrogen-bond acceptors (Lipinski definition) is 4. The Balaban J connectivity index is 2.25. The second-order valence-corrected chi connectivity index (χ2v) is 4.92. The summed E-state index contributed by atoms with van der Waals surface area (Å²) in [5, 5.41) is 0.589. The second-order valence-electron chi connectivity index (χ2n) is 4.48. The van der Waals surface area contributed by atoms with Gasteiger partial charge >= 0.3 is 5.97 Å². The molecule has 1 unspecified atom stereocenters. The van der Waals surface area contributed by atoms with Gasteiger partial charge in [0.05, 0.1) is 13.7 Å². The van der Waals surface area contributed by atoms with Crippen LogP contribution in [0.15, 0.2) is 48.5 Å². The van der Waals surface area contributed by atoms with Crippen molar-refractivity contribution < 1.29 is 19.0 Å². The maximum absolute atomic E-state index is 12.0. The van der Waals surface area contributed by atoms with Crippen molar-refractivity contribution in [1.82, 2.24) is 0 Å². The van der Waals surface area contributed by atoms with Crippen molar-refractivity contribution in [1.29, 1.82) is 0 Å². The van der Waals surface area contributed by atoms with Crippen molar-refractivity contribution in [2.75, 3.05) is 13.7 Å². The lowest BCUT2D eigenvalue weighted by atomic mass is 10.1. The highest BCUT2D eigenvalue weighted by Gasteiger charge is 2.23. The Kier molecular flexibility index (Phi) is 5.67. The molecule has 5 heteroatoms. The molecule has 4 nitrogen and oxygen atoms in total. The number of benzene rings is 2. The van der Waals surface area contributed by atoms with Crippen molar-refractivity contribution in [2.45, 2.75) is 13.0 Å². The lowest BCUT2D eigenvalue weighted by Gasteiger charge is -2.18. The predicted molar refractivity (Wildman–Crippen MR) is 84.4 cm³/mol. The third-order valence-electron chi connectivity index (χ3n) is 2.96. The minimum Gasteiger partial charge on any atom is -0.494 e. The molecule has 0 fully saturated rings. The molecule has 0 amide bonds. The van der Waals surface area contributed by atoms with E-state index in [1.165, 1.54) is 7.11 Å². The summed E-state index contributed by atoms with van der Waals surface area (Å²) in [5.74, 6) is 0.722. The maximum atomic E-state index is 12.0. The van der Waals surface area contributed by atoms with E-state index in [1.807, 2.05) is 13.0 Å². The van der Waals surface area contributed by atoms with Crippen LogP contribution in [0.25, 0.3) is 0 Å². The normalized spacial score (nSPS) is 11.6. The third kappa shape index (κ3) is 4.15. The van der Waals surface area contributed by atoms with Crippen LogP contribution >= 0.6 is 11.6 Å². The summed E-state index contributed by atoms with van der Waals surface area (Å²) in [7, 11) is 1.32. The summed E-state index contributed by atoms with van der Waals surface area (Å²) in [6.07, 6.45) is -0.862. The van der Waals surface area contributed by atoms with Crippen LogP contribution in [0.4, 0.5) is 0 Å². The van der Waals surface area contributed by atoms with Crippen LogP contribution in [0.3, 0.4) is 0 Å². The Bertz CT molecular complexity index is 625. The van der Waals surface area contributed by atoms with Crippen molar-refractivity contribution in [2.24, 2.45) is 0 Å². The molecule has 0 aliphatic rings. The molecule has 0 saturated heterocycles. The highest BCUT2D eigenvalue weighted by Crippen LogP contribution is 2.27. The van der Waals surface area contributed by atoms with Crippen LogP contribution in [-0.4, -0.2) is 19.7 Å². The van der Waals surface area contributed by atoms with Crippen molar-refractivity contribution in [3.63, 3.8) is 0 Å². The van der Waals surface area contributed by atoms with Crippen molar-refractivity contribution >= 4 is 17.6 Å². The highest BCUT2D eigenvalue weighted by atomic mass is 35.5. The van der Waals surface area contributed by atoms with Gasteiger partial charge in [-0.3, -0.25) is 0 Å². The Morgan fingerprint density at radius 2 is 1.82 bits per heavy atom. The molecule has 0 aliphatic carbocycles.